The summed E-state index contributed by atoms with van der Waals surface area (Å²) >= 11 is 0. The van der Waals surface area contributed by atoms with Gasteiger partial charge in [-0.25, -0.2) is 17.8 Å². The number of pyridine rings is 1. The molecule has 0 bridgehead atoms. The lowest BCUT2D eigenvalue weighted by molar-refractivity contribution is -0.00545. The number of carbonyl (C=O) groups is 1. The molecule has 1 aromatic carbocycles. The van der Waals surface area contributed by atoms with E-state index in [0.29, 0.717) is 18.8 Å². The van der Waals surface area contributed by atoms with Crippen LogP contribution in [-0.2, 0) is 14.8 Å². The number of ether oxygens (including phenoxy) is 1. The third-order valence-electron chi connectivity index (χ3n) is 5.63. The normalized spacial score (nSPS) is 22.2. The van der Waals surface area contributed by atoms with Gasteiger partial charge in [0.1, 0.15) is 16.5 Å². The van der Waals surface area contributed by atoms with Crippen molar-refractivity contribution in [3.63, 3.8) is 0 Å². The van der Waals surface area contributed by atoms with E-state index in [1.54, 1.807) is 12.3 Å². The number of rotatable bonds is 5. The van der Waals surface area contributed by atoms with Crippen molar-refractivity contribution in [2.45, 2.75) is 43.8 Å². The number of hydrogen-bond donors (Lipinski definition) is 1. The lowest BCUT2D eigenvalue weighted by atomic mass is 10.2. The summed E-state index contributed by atoms with van der Waals surface area (Å²) in [6.07, 6.45) is 3.23. The van der Waals surface area contributed by atoms with Crippen molar-refractivity contribution < 1.29 is 22.3 Å². The quantitative estimate of drug-likeness (QED) is 0.735. The van der Waals surface area contributed by atoms with Crippen LogP contribution in [0.2, 0.25) is 0 Å². The Balaban J connectivity index is 1.48. The predicted octanol–water partition coefficient (Wildman–Crippen LogP) is 2.87. The van der Waals surface area contributed by atoms with Gasteiger partial charge < -0.3 is 15.0 Å². The maximum atomic E-state index is 14.3. The average molecular weight is 463 g/mol. The standard InChI is InChI=1S/C22H27FN4O4S/c1-15-13-26(14-16(2)31-15)21-8-6-18(12-24-21)25-22(28)17-5-7-19(23)20(11-17)32(29,30)27-9-3-4-10-27/h5-8,11-12,15-16H,3-4,9-10,13-14H2,1-2H3,(H,25,28). The molecule has 2 atom stereocenters. The maximum absolute atomic E-state index is 14.3. The highest BCUT2D eigenvalue weighted by atomic mass is 32.2. The van der Waals surface area contributed by atoms with E-state index in [2.05, 4.69) is 15.2 Å². The van der Waals surface area contributed by atoms with Crippen molar-refractivity contribution in [1.29, 1.82) is 0 Å². The van der Waals surface area contributed by atoms with Gasteiger partial charge in [0.05, 0.1) is 24.1 Å². The molecule has 3 heterocycles. The van der Waals surface area contributed by atoms with Gasteiger partial charge in [0.25, 0.3) is 5.91 Å². The molecule has 1 N–H and O–H groups in total. The van der Waals surface area contributed by atoms with Gasteiger partial charge in [0, 0.05) is 31.7 Å². The van der Waals surface area contributed by atoms with E-state index in [9.17, 15) is 17.6 Å². The van der Waals surface area contributed by atoms with Crippen LogP contribution in [0.3, 0.4) is 0 Å². The number of morpholine rings is 1. The van der Waals surface area contributed by atoms with E-state index in [4.69, 9.17) is 4.74 Å². The fourth-order valence-electron chi connectivity index (χ4n) is 4.13. The molecule has 10 heteroatoms. The molecule has 2 aliphatic rings. The maximum Gasteiger partial charge on any atom is 0.255 e. The number of halogens is 1. The summed E-state index contributed by atoms with van der Waals surface area (Å²) in [7, 11) is -3.98. The lowest BCUT2D eigenvalue weighted by Gasteiger charge is -2.36. The average Bonchev–Trinajstić information content (AvgIpc) is 3.29. The summed E-state index contributed by atoms with van der Waals surface area (Å²) in [5.74, 6) is -0.620. The van der Waals surface area contributed by atoms with Gasteiger partial charge in [0.2, 0.25) is 10.0 Å². The Kier molecular flexibility index (Phi) is 6.45. The highest BCUT2D eigenvalue weighted by Gasteiger charge is 2.30. The number of amides is 1. The zero-order chi connectivity index (χ0) is 22.9. The monoisotopic (exact) mass is 462 g/mol. The van der Waals surface area contributed by atoms with Crippen LogP contribution in [0, 0.1) is 5.82 Å². The number of aromatic nitrogens is 1. The highest BCUT2D eigenvalue weighted by Crippen LogP contribution is 2.25. The first kappa shape index (κ1) is 22.6. The van der Waals surface area contributed by atoms with Gasteiger partial charge in [-0.05, 0) is 57.0 Å². The largest absolute Gasteiger partial charge is 0.372 e. The van der Waals surface area contributed by atoms with Crippen LogP contribution in [0.1, 0.15) is 37.0 Å². The summed E-state index contributed by atoms with van der Waals surface area (Å²) in [5, 5.41) is 2.70. The smallest absolute Gasteiger partial charge is 0.255 e. The van der Waals surface area contributed by atoms with Gasteiger partial charge in [-0.3, -0.25) is 4.79 Å². The molecule has 32 heavy (non-hydrogen) atoms. The molecule has 4 rings (SSSR count). The van der Waals surface area contributed by atoms with E-state index in [1.165, 1.54) is 10.4 Å². The lowest BCUT2D eigenvalue weighted by Crippen LogP contribution is -2.45. The number of sulfonamides is 1. The zero-order valence-corrected chi connectivity index (χ0v) is 18.9. The van der Waals surface area contributed by atoms with Crippen molar-refractivity contribution in [3.05, 3.63) is 47.9 Å². The van der Waals surface area contributed by atoms with Crippen molar-refractivity contribution >= 4 is 27.4 Å². The van der Waals surface area contributed by atoms with E-state index in [1.807, 2.05) is 19.9 Å². The Morgan fingerprint density at radius 2 is 1.81 bits per heavy atom. The Bertz CT molecular complexity index is 1080. The molecule has 1 amide bonds. The van der Waals surface area contributed by atoms with Crippen LogP contribution in [0.25, 0.3) is 0 Å². The van der Waals surface area contributed by atoms with Gasteiger partial charge in [0.15, 0.2) is 0 Å². The van der Waals surface area contributed by atoms with Crippen LogP contribution < -0.4 is 10.2 Å². The molecule has 8 nitrogen and oxygen atoms in total. The van der Waals surface area contributed by atoms with E-state index >= 15 is 0 Å². The molecule has 2 unspecified atom stereocenters. The molecule has 172 valence electrons. The van der Waals surface area contributed by atoms with E-state index in [0.717, 1.165) is 43.9 Å². The summed E-state index contributed by atoms with van der Waals surface area (Å²) in [6.45, 7) is 6.20. The first-order chi connectivity index (χ1) is 15.2. The molecular formula is C22H27FN4O4S. The van der Waals surface area contributed by atoms with E-state index in [-0.39, 0.29) is 17.8 Å². The van der Waals surface area contributed by atoms with E-state index < -0.39 is 26.6 Å². The van der Waals surface area contributed by atoms with Crippen LogP contribution in [0.4, 0.5) is 15.9 Å². The Labute approximate surface area is 187 Å². The number of carbonyl (C=O) groups excluding carboxylic acids is 1. The second kappa shape index (κ2) is 9.13. The molecule has 0 saturated carbocycles. The summed E-state index contributed by atoms with van der Waals surface area (Å²) < 4.78 is 46.8. The number of benzene rings is 1. The molecule has 2 fully saturated rings. The molecule has 1 aromatic heterocycles. The van der Waals surface area contributed by atoms with Gasteiger partial charge >= 0.3 is 0 Å². The van der Waals surface area contributed by atoms with Crippen molar-refractivity contribution in [3.8, 4) is 0 Å². The van der Waals surface area contributed by atoms with Crippen molar-refractivity contribution in [1.82, 2.24) is 9.29 Å². The summed E-state index contributed by atoms with van der Waals surface area (Å²) in [6, 6.07) is 6.92. The first-order valence-corrected chi connectivity index (χ1v) is 12.2. The SMILES string of the molecule is CC1CN(c2ccc(NC(=O)c3ccc(F)c(S(=O)(=O)N4CCCC4)c3)cn2)CC(C)O1. The number of nitrogens with zero attached hydrogens (tertiary/aromatic N) is 3. The first-order valence-electron chi connectivity index (χ1n) is 10.7. The van der Waals surface area contributed by atoms with Crippen molar-refractivity contribution in [2.24, 2.45) is 0 Å². The number of nitrogens with one attached hydrogen (secondary N) is 1. The van der Waals surface area contributed by atoms with Crippen LogP contribution >= 0.6 is 0 Å². The minimum Gasteiger partial charge on any atom is -0.372 e. The van der Waals surface area contributed by atoms with Gasteiger partial charge in [-0.1, -0.05) is 0 Å². The Morgan fingerprint density at radius 3 is 2.44 bits per heavy atom. The molecule has 0 aliphatic carbocycles. The molecule has 0 spiro atoms. The Morgan fingerprint density at radius 1 is 1.12 bits per heavy atom. The van der Waals surface area contributed by atoms with Crippen molar-refractivity contribution in [2.75, 3.05) is 36.4 Å². The Hall–Kier alpha value is -2.56. The number of anilines is 2. The number of hydrogen-bond acceptors (Lipinski definition) is 6. The second-order valence-corrected chi connectivity index (χ2v) is 10.2. The van der Waals surface area contributed by atoms with Crippen LogP contribution in [-0.4, -0.2) is 62.0 Å². The summed E-state index contributed by atoms with van der Waals surface area (Å²) in [5.41, 5.74) is 0.519. The molecule has 2 saturated heterocycles. The fraction of sp³-hybridized carbons (Fsp3) is 0.455. The predicted molar refractivity (Wildman–Crippen MR) is 119 cm³/mol. The zero-order valence-electron chi connectivity index (χ0n) is 18.1. The minimum atomic E-state index is -3.98. The molecule has 2 aliphatic heterocycles. The van der Waals surface area contributed by atoms with Gasteiger partial charge in [-0.15, -0.1) is 0 Å². The third kappa shape index (κ3) is 4.77. The third-order valence-corrected chi connectivity index (χ3v) is 7.54. The molecule has 2 aromatic rings. The molecule has 0 radical (unpaired) electrons. The second-order valence-electron chi connectivity index (χ2n) is 8.28. The summed E-state index contributed by atoms with van der Waals surface area (Å²) in [4.78, 5) is 18.8. The highest BCUT2D eigenvalue weighted by molar-refractivity contribution is 7.89. The topological polar surface area (TPSA) is 91.8 Å². The fourth-order valence-corrected chi connectivity index (χ4v) is 5.73. The van der Waals surface area contributed by atoms with Crippen LogP contribution in [0.5, 0.6) is 0 Å². The molecular weight excluding hydrogens is 435 g/mol. The van der Waals surface area contributed by atoms with Crippen LogP contribution in [0.15, 0.2) is 41.4 Å². The minimum absolute atomic E-state index is 0.0593. The van der Waals surface area contributed by atoms with Gasteiger partial charge in [-0.2, -0.15) is 4.31 Å².